The Kier molecular flexibility index (Phi) is 4.71. The summed E-state index contributed by atoms with van der Waals surface area (Å²) >= 11 is 0. The summed E-state index contributed by atoms with van der Waals surface area (Å²) in [5, 5.41) is 13.2. The van der Waals surface area contributed by atoms with E-state index < -0.39 is 42.2 Å². The smallest absolute Gasteiger partial charge is 0.314 e. The van der Waals surface area contributed by atoms with Gasteiger partial charge in [-0.1, -0.05) is 29.5 Å². The van der Waals surface area contributed by atoms with Crippen LogP contribution < -0.4 is 5.84 Å². The first-order valence-electron chi connectivity index (χ1n) is 7.61. The number of hydrogen-bond acceptors (Lipinski definition) is 8. The largest absolute Gasteiger partial charge is 0.457 e. The van der Waals surface area contributed by atoms with Gasteiger partial charge in [0.1, 0.15) is 6.42 Å². The molecule has 1 aliphatic carbocycles. The van der Waals surface area contributed by atoms with Crippen molar-refractivity contribution in [3.05, 3.63) is 58.5 Å². The normalized spacial score (nSPS) is 12.6. The lowest BCUT2D eigenvalue weighted by Crippen LogP contribution is -2.18. The van der Waals surface area contributed by atoms with Gasteiger partial charge in [0.2, 0.25) is 11.6 Å². The highest BCUT2D eigenvalue weighted by molar-refractivity contribution is 6.28. The number of furan rings is 1. The summed E-state index contributed by atoms with van der Waals surface area (Å²) in [7, 11) is 0. The highest BCUT2D eigenvalue weighted by atomic mass is 16.5. The van der Waals surface area contributed by atoms with Gasteiger partial charge in [0.15, 0.2) is 29.7 Å². The maximum absolute atomic E-state index is 12.5. The number of benzene rings is 1. The van der Waals surface area contributed by atoms with Gasteiger partial charge in [0.05, 0.1) is 5.56 Å². The second-order valence-corrected chi connectivity index (χ2v) is 5.48. The number of nitrogens with zero attached hydrogens (tertiary/aromatic N) is 2. The molecule has 1 aromatic heterocycles. The number of ether oxygens (including phenoxy) is 1. The molecule has 3 N–H and O–H groups in total. The molecule has 10 heteroatoms. The molecule has 0 unspecified atom stereocenters. The van der Waals surface area contributed by atoms with Gasteiger partial charge in [-0.25, -0.2) is 0 Å². The minimum atomic E-state index is -0.938. The van der Waals surface area contributed by atoms with Crippen LogP contribution in [-0.4, -0.2) is 35.8 Å². The van der Waals surface area contributed by atoms with Crippen molar-refractivity contribution >= 4 is 29.2 Å². The Balaban J connectivity index is 1.75. The molecule has 0 amide bonds. The topological polar surface area (TPSA) is 165 Å². The molecule has 0 atom stereocenters. The van der Waals surface area contributed by atoms with Crippen LogP contribution in [0.2, 0.25) is 0 Å². The first kappa shape index (κ1) is 17.9. The van der Waals surface area contributed by atoms with Crippen molar-refractivity contribution in [2.24, 2.45) is 16.2 Å². The predicted molar refractivity (Wildman–Crippen MR) is 88.7 cm³/mol. The number of esters is 1. The number of nitrogens with one attached hydrogen (secondary N) is 1. The maximum Gasteiger partial charge on any atom is 0.314 e. The van der Waals surface area contributed by atoms with Crippen molar-refractivity contribution < 1.29 is 28.3 Å². The van der Waals surface area contributed by atoms with Gasteiger partial charge in [-0.15, -0.1) is 5.11 Å². The predicted octanol–water partition coefficient (Wildman–Crippen LogP) is 1.47. The standard InChI is InChI=1S/C17H12N4O6/c18-13(20-21-19)7-26-14(23)6-11(22)12-5-10-15(24)8-3-1-2-4-9(8)16(25)17(10)27-12/h1-5H,6-7H2,(H3,18,19,20). The molecule has 0 fully saturated rings. The number of carbonyl (C=O) groups excluding carboxylic acids is 4. The van der Waals surface area contributed by atoms with Crippen LogP contribution in [0.4, 0.5) is 0 Å². The van der Waals surface area contributed by atoms with Gasteiger partial charge in [0, 0.05) is 11.1 Å². The van der Waals surface area contributed by atoms with E-state index in [-0.39, 0.29) is 28.2 Å². The Hall–Kier alpha value is -3.95. The third kappa shape index (κ3) is 3.40. The zero-order valence-corrected chi connectivity index (χ0v) is 13.7. The van der Waals surface area contributed by atoms with Crippen LogP contribution in [-0.2, 0) is 9.53 Å². The summed E-state index contributed by atoms with van der Waals surface area (Å²) in [6.07, 6.45) is -0.700. The van der Waals surface area contributed by atoms with Gasteiger partial charge < -0.3 is 15.0 Å². The Morgan fingerprint density at radius 3 is 2.44 bits per heavy atom. The lowest BCUT2D eigenvalue weighted by Gasteiger charge is -2.11. The van der Waals surface area contributed by atoms with E-state index in [1.54, 1.807) is 12.1 Å². The van der Waals surface area contributed by atoms with E-state index in [0.29, 0.717) is 0 Å². The van der Waals surface area contributed by atoms with Gasteiger partial charge in [-0.05, 0) is 6.07 Å². The van der Waals surface area contributed by atoms with E-state index >= 15 is 0 Å². The van der Waals surface area contributed by atoms with Crippen LogP contribution in [0.1, 0.15) is 49.0 Å². The van der Waals surface area contributed by atoms with E-state index in [4.69, 9.17) is 15.7 Å². The molecule has 2 aromatic rings. The molecule has 1 aliphatic rings. The summed E-state index contributed by atoms with van der Waals surface area (Å²) < 4.78 is 9.93. The van der Waals surface area contributed by atoms with Crippen LogP contribution in [0.5, 0.6) is 0 Å². The van der Waals surface area contributed by atoms with Gasteiger partial charge in [-0.3, -0.25) is 24.6 Å². The third-order valence-corrected chi connectivity index (χ3v) is 3.73. The van der Waals surface area contributed by atoms with E-state index in [2.05, 4.69) is 15.1 Å². The second-order valence-electron chi connectivity index (χ2n) is 5.48. The van der Waals surface area contributed by atoms with Crippen LogP contribution in [0, 0.1) is 5.41 Å². The summed E-state index contributed by atoms with van der Waals surface area (Å²) in [5.74, 6) is 1.15. The molecule has 27 heavy (non-hydrogen) atoms. The second kappa shape index (κ2) is 7.12. The zero-order chi connectivity index (χ0) is 19.6. The Labute approximate surface area is 151 Å². The average molecular weight is 368 g/mol. The van der Waals surface area contributed by atoms with Crippen molar-refractivity contribution in [3.63, 3.8) is 0 Å². The van der Waals surface area contributed by atoms with Crippen molar-refractivity contribution in [3.8, 4) is 0 Å². The monoisotopic (exact) mass is 368 g/mol. The molecule has 0 aliphatic heterocycles. The molecule has 3 rings (SSSR count). The Bertz CT molecular complexity index is 968. The fraction of sp³-hybridized carbons (Fsp3) is 0.118. The number of hydrogen-bond donors (Lipinski definition) is 2. The van der Waals surface area contributed by atoms with Crippen molar-refractivity contribution in [2.45, 2.75) is 6.42 Å². The van der Waals surface area contributed by atoms with E-state index in [1.165, 1.54) is 12.1 Å². The summed E-state index contributed by atoms with van der Waals surface area (Å²) in [4.78, 5) is 48.8. The Morgan fingerprint density at radius 2 is 1.78 bits per heavy atom. The SMILES string of the molecule is N=C(COC(=O)CC(=O)c1cc2c(o1)C(=O)c1ccccc1C2=O)N=NN. The van der Waals surface area contributed by atoms with Gasteiger partial charge in [-0.2, -0.15) is 0 Å². The molecule has 10 nitrogen and oxygen atoms in total. The minimum absolute atomic E-state index is 0.0273. The van der Waals surface area contributed by atoms with E-state index in [9.17, 15) is 19.2 Å². The molecule has 1 heterocycles. The first-order chi connectivity index (χ1) is 12.9. The van der Waals surface area contributed by atoms with Crippen LogP contribution >= 0.6 is 0 Å². The molecule has 0 saturated carbocycles. The van der Waals surface area contributed by atoms with E-state index in [0.717, 1.165) is 6.07 Å². The summed E-state index contributed by atoms with van der Waals surface area (Å²) in [6.45, 7) is -0.506. The number of fused-ring (bicyclic) bond motifs is 2. The lowest BCUT2D eigenvalue weighted by molar-refractivity contribution is -0.140. The average Bonchev–Trinajstić information content (AvgIpc) is 3.11. The molecule has 136 valence electrons. The number of ketones is 3. The lowest BCUT2D eigenvalue weighted by atomic mass is 9.88. The molecular weight excluding hydrogens is 356 g/mol. The van der Waals surface area contributed by atoms with Crippen molar-refractivity contribution in [2.75, 3.05) is 6.61 Å². The molecule has 0 saturated heterocycles. The molecule has 0 bridgehead atoms. The van der Waals surface area contributed by atoms with Crippen LogP contribution in [0.25, 0.3) is 0 Å². The number of nitrogens with two attached hydrogens (primary N) is 1. The number of carbonyl (C=O) groups is 4. The number of Topliss-reactive ketones (excluding diaryl/α,β-unsaturated/α-hetero) is 1. The molecule has 1 aromatic carbocycles. The fourth-order valence-corrected chi connectivity index (χ4v) is 2.53. The minimum Gasteiger partial charge on any atom is -0.457 e. The fourth-order valence-electron chi connectivity index (χ4n) is 2.53. The quantitative estimate of drug-likeness (QED) is 0.100. The highest BCUT2D eigenvalue weighted by Gasteiger charge is 2.34. The van der Waals surface area contributed by atoms with Crippen molar-refractivity contribution in [1.29, 1.82) is 5.41 Å². The third-order valence-electron chi connectivity index (χ3n) is 3.73. The molecular formula is C17H12N4O6. The number of rotatable bonds is 5. The van der Waals surface area contributed by atoms with Crippen molar-refractivity contribution in [1.82, 2.24) is 0 Å². The maximum atomic E-state index is 12.5. The van der Waals surface area contributed by atoms with Gasteiger partial charge >= 0.3 is 5.97 Å². The Morgan fingerprint density at radius 1 is 1.11 bits per heavy atom. The van der Waals surface area contributed by atoms with Crippen LogP contribution in [0.15, 0.2) is 45.1 Å². The summed E-state index contributed by atoms with van der Waals surface area (Å²) in [6, 6.07) is 7.39. The highest BCUT2D eigenvalue weighted by Crippen LogP contribution is 2.29. The van der Waals surface area contributed by atoms with Gasteiger partial charge in [0.25, 0.3) is 0 Å². The number of amidine groups is 1. The van der Waals surface area contributed by atoms with Crippen LogP contribution in [0.3, 0.4) is 0 Å². The van der Waals surface area contributed by atoms with E-state index in [1.807, 2.05) is 0 Å². The summed E-state index contributed by atoms with van der Waals surface area (Å²) in [5.41, 5.74) is 0.387. The zero-order valence-electron chi connectivity index (χ0n) is 13.7. The molecule has 0 spiro atoms. The molecule has 0 radical (unpaired) electrons. The first-order valence-corrected chi connectivity index (χ1v) is 7.61.